The van der Waals surface area contributed by atoms with Crippen molar-refractivity contribution >= 4 is 0 Å². The van der Waals surface area contributed by atoms with Gasteiger partial charge in [0, 0.05) is 7.05 Å². The Kier molecular flexibility index (Phi) is 3.32. The molecule has 0 amide bonds. The molecule has 90 valence electrons. The van der Waals surface area contributed by atoms with Crippen LogP contribution in [0.2, 0.25) is 0 Å². The van der Waals surface area contributed by atoms with Crippen molar-refractivity contribution in [2.75, 3.05) is 0 Å². The predicted molar refractivity (Wildman–Crippen MR) is 71.9 cm³/mol. The number of aromatic nitrogens is 2. The highest BCUT2D eigenvalue weighted by atomic mass is 15.3. The van der Waals surface area contributed by atoms with Gasteiger partial charge < -0.3 is 0 Å². The minimum Gasteiger partial charge on any atom is -0.268 e. The predicted octanol–water partition coefficient (Wildman–Crippen LogP) is 3.59. The van der Waals surface area contributed by atoms with Crippen molar-refractivity contribution in [3.63, 3.8) is 0 Å². The first kappa shape index (κ1) is 11.9. The summed E-state index contributed by atoms with van der Waals surface area (Å²) >= 11 is 0. The second-order valence-corrected chi connectivity index (χ2v) is 5.09. The summed E-state index contributed by atoms with van der Waals surface area (Å²) < 4.78 is 1.94. The Morgan fingerprint density at radius 1 is 1.18 bits per heavy atom. The monoisotopic (exact) mass is 228 g/mol. The molecule has 0 radical (unpaired) electrons. The van der Waals surface area contributed by atoms with Crippen LogP contribution in [0, 0.1) is 12.8 Å². The summed E-state index contributed by atoms with van der Waals surface area (Å²) in [6.07, 6.45) is 1.14. The molecule has 0 saturated heterocycles. The molecule has 17 heavy (non-hydrogen) atoms. The molecular formula is C15H20N2. The van der Waals surface area contributed by atoms with E-state index in [-0.39, 0.29) is 0 Å². The van der Waals surface area contributed by atoms with Gasteiger partial charge in [-0.2, -0.15) is 5.10 Å². The summed E-state index contributed by atoms with van der Waals surface area (Å²) in [7, 11) is 1.99. The first-order chi connectivity index (χ1) is 8.06. The highest BCUT2D eigenvalue weighted by molar-refractivity contribution is 5.60. The molecule has 0 aliphatic carbocycles. The highest BCUT2D eigenvalue weighted by Crippen LogP contribution is 2.21. The van der Waals surface area contributed by atoms with E-state index >= 15 is 0 Å². The molecule has 0 aliphatic rings. The second kappa shape index (κ2) is 4.74. The van der Waals surface area contributed by atoms with Gasteiger partial charge in [-0.25, -0.2) is 0 Å². The van der Waals surface area contributed by atoms with Crippen LogP contribution >= 0.6 is 0 Å². The normalized spacial score (nSPS) is 11.1. The summed E-state index contributed by atoms with van der Waals surface area (Å²) in [5, 5.41) is 4.37. The van der Waals surface area contributed by atoms with Crippen LogP contribution in [0.5, 0.6) is 0 Å². The van der Waals surface area contributed by atoms with Crippen molar-refractivity contribution in [2.24, 2.45) is 13.0 Å². The molecule has 0 fully saturated rings. The fourth-order valence-corrected chi connectivity index (χ4v) is 2.16. The number of hydrogen-bond donors (Lipinski definition) is 0. The molecule has 2 rings (SSSR count). The summed E-state index contributed by atoms with van der Waals surface area (Å²) in [5.41, 5.74) is 4.88. The fourth-order valence-electron chi connectivity index (χ4n) is 2.16. The van der Waals surface area contributed by atoms with E-state index in [1.54, 1.807) is 0 Å². The quantitative estimate of drug-likeness (QED) is 0.785. The molecule has 1 aromatic heterocycles. The van der Waals surface area contributed by atoms with E-state index in [1.807, 2.05) is 18.7 Å². The van der Waals surface area contributed by atoms with Gasteiger partial charge in [-0.1, -0.05) is 38.1 Å². The average molecular weight is 228 g/mol. The lowest BCUT2D eigenvalue weighted by Gasteiger charge is -2.06. The average Bonchev–Trinajstić information content (AvgIpc) is 2.58. The number of aryl methyl sites for hydroxylation is 2. The van der Waals surface area contributed by atoms with Gasteiger partial charge in [-0.05, 0) is 36.5 Å². The van der Waals surface area contributed by atoms with Crippen molar-refractivity contribution in [3.8, 4) is 11.3 Å². The van der Waals surface area contributed by atoms with Gasteiger partial charge in [-0.15, -0.1) is 0 Å². The van der Waals surface area contributed by atoms with Crippen molar-refractivity contribution in [1.82, 2.24) is 9.78 Å². The molecule has 0 saturated carbocycles. The summed E-state index contributed by atoms with van der Waals surface area (Å²) in [6, 6.07) is 10.9. The van der Waals surface area contributed by atoms with Crippen molar-refractivity contribution in [1.29, 1.82) is 0 Å². The minimum absolute atomic E-state index is 0.708. The highest BCUT2D eigenvalue weighted by Gasteiger charge is 2.05. The summed E-state index contributed by atoms with van der Waals surface area (Å²) in [6.45, 7) is 6.52. The molecule has 0 N–H and O–H groups in total. The van der Waals surface area contributed by atoms with Crippen LogP contribution in [0.25, 0.3) is 11.3 Å². The Balaban J connectivity index is 2.26. The van der Waals surface area contributed by atoms with Crippen molar-refractivity contribution < 1.29 is 0 Å². The van der Waals surface area contributed by atoms with Crippen molar-refractivity contribution in [3.05, 3.63) is 41.6 Å². The lowest BCUT2D eigenvalue weighted by Crippen LogP contribution is -1.95. The van der Waals surface area contributed by atoms with E-state index in [4.69, 9.17) is 0 Å². The van der Waals surface area contributed by atoms with Crippen LogP contribution < -0.4 is 0 Å². The number of rotatable bonds is 3. The molecule has 2 nitrogen and oxygen atoms in total. The van der Waals surface area contributed by atoms with Gasteiger partial charge in [0.15, 0.2) is 0 Å². The third-order valence-electron chi connectivity index (χ3n) is 2.90. The van der Waals surface area contributed by atoms with E-state index in [2.05, 4.69) is 49.3 Å². The fraction of sp³-hybridized carbons (Fsp3) is 0.400. The minimum atomic E-state index is 0.708. The van der Waals surface area contributed by atoms with Crippen LogP contribution in [0.15, 0.2) is 30.3 Å². The van der Waals surface area contributed by atoms with Gasteiger partial charge in [0.2, 0.25) is 0 Å². The zero-order valence-corrected chi connectivity index (χ0v) is 11.1. The Morgan fingerprint density at radius 2 is 1.82 bits per heavy atom. The Morgan fingerprint density at radius 3 is 2.29 bits per heavy atom. The van der Waals surface area contributed by atoms with Gasteiger partial charge in [0.1, 0.15) is 0 Å². The number of hydrogen-bond acceptors (Lipinski definition) is 1. The smallest absolute Gasteiger partial charge is 0.0681 e. The lowest BCUT2D eigenvalue weighted by atomic mass is 10.0. The van der Waals surface area contributed by atoms with Crippen molar-refractivity contribution in [2.45, 2.75) is 27.2 Å². The van der Waals surface area contributed by atoms with Crippen LogP contribution in [0.4, 0.5) is 0 Å². The van der Waals surface area contributed by atoms with Crippen LogP contribution in [0.3, 0.4) is 0 Å². The van der Waals surface area contributed by atoms with E-state index < -0.39 is 0 Å². The largest absolute Gasteiger partial charge is 0.268 e. The van der Waals surface area contributed by atoms with Gasteiger partial charge >= 0.3 is 0 Å². The number of benzene rings is 1. The zero-order chi connectivity index (χ0) is 12.4. The maximum atomic E-state index is 4.37. The maximum absolute atomic E-state index is 4.37. The van der Waals surface area contributed by atoms with Gasteiger partial charge in [0.25, 0.3) is 0 Å². The van der Waals surface area contributed by atoms with Crippen LogP contribution in [0.1, 0.15) is 25.1 Å². The van der Waals surface area contributed by atoms with E-state index in [9.17, 15) is 0 Å². The molecule has 0 spiro atoms. The summed E-state index contributed by atoms with van der Waals surface area (Å²) in [5.74, 6) is 0.708. The van der Waals surface area contributed by atoms with Gasteiger partial charge in [0.05, 0.1) is 11.4 Å². The molecular weight excluding hydrogens is 208 g/mol. The van der Waals surface area contributed by atoms with Crippen LogP contribution in [-0.2, 0) is 13.5 Å². The molecule has 2 aromatic rings. The second-order valence-electron chi connectivity index (χ2n) is 5.09. The van der Waals surface area contributed by atoms with Gasteiger partial charge in [-0.3, -0.25) is 4.68 Å². The third-order valence-corrected chi connectivity index (χ3v) is 2.90. The molecule has 0 aliphatic heterocycles. The lowest BCUT2D eigenvalue weighted by molar-refractivity contribution is 0.647. The molecule has 0 unspecified atom stereocenters. The Labute approximate surface area is 103 Å². The molecule has 2 heteroatoms. The molecule has 1 aromatic carbocycles. The molecule has 0 atom stereocenters. The van der Waals surface area contributed by atoms with Crippen LogP contribution in [-0.4, -0.2) is 9.78 Å². The zero-order valence-electron chi connectivity index (χ0n) is 11.1. The first-order valence-electron chi connectivity index (χ1n) is 6.16. The first-order valence-corrected chi connectivity index (χ1v) is 6.16. The van der Waals surface area contributed by atoms with E-state index in [0.29, 0.717) is 5.92 Å². The summed E-state index contributed by atoms with van der Waals surface area (Å²) in [4.78, 5) is 0. The third kappa shape index (κ3) is 2.76. The molecule has 1 heterocycles. The Hall–Kier alpha value is -1.57. The molecule has 0 bridgehead atoms. The topological polar surface area (TPSA) is 17.8 Å². The SMILES string of the molecule is Cc1cc(-c2ccc(CC(C)C)cc2)n(C)n1. The van der Waals surface area contributed by atoms with E-state index in [1.165, 1.54) is 16.8 Å². The maximum Gasteiger partial charge on any atom is 0.0681 e. The number of nitrogens with zero attached hydrogens (tertiary/aromatic N) is 2. The van der Waals surface area contributed by atoms with E-state index in [0.717, 1.165) is 12.1 Å². The standard InChI is InChI=1S/C15H20N2/c1-11(2)9-13-5-7-14(8-6-13)15-10-12(3)16-17(15)4/h5-8,10-11H,9H2,1-4H3. The Bertz CT molecular complexity index is 492.